The molecule has 0 radical (unpaired) electrons. The molecule has 8 nitrogen and oxygen atoms in total. The summed E-state index contributed by atoms with van der Waals surface area (Å²) in [6.07, 6.45) is 0. The molecule has 0 heterocycles. The van der Waals surface area contributed by atoms with Crippen LogP contribution in [-0.4, -0.2) is 39.5 Å². The molecule has 0 aliphatic heterocycles. The lowest BCUT2D eigenvalue weighted by atomic mass is 10.2. The van der Waals surface area contributed by atoms with Crippen LogP contribution >= 0.6 is 0 Å². The van der Waals surface area contributed by atoms with Gasteiger partial charge in [0.05, 0.1) is 4.90 Å². The second-order valence-electron chi connectivity index (χ2n) is 6.38. The molecule has 0 fully saturated rings. The number of anilines is 1. The first-order valence-electron chi connectivity index (χ1n) is 8.93. The van der Waals surface area contributed by atoms with Crippen LogP contribution in [0.5, 0.6) is 5.75 Å². The Morgan fingerprint density at radius 1 is 1.00 bits per heavy atom. The zero-order chi connectivity index (χ0) is 21.4. The molecular formula is C20H24N2O6S. The molecule has 9 heteroatoms. The maximum Gasteiger partial charge on any atom is 0.324 e. The highest BCUT2D eigenvalue weighted by Gasteiger charge is 2.23. The SMILES string of the molecule is CC(=O)Nc1ccc(S(=O)(=O)N[C@@H](C)C(=O)OCCOc2ccc(C)cc2)cc1. The van der Waals surface area contributed by atoms with Crippen molar-refractivity contribution < 1.29 is 27.5 Å². The van der Waals surface area contributed by atoms with Crippen molar-refractivity contribution in [3.63, 3.8) is 0 Å². The van der Waals surface area contributed by atoms with Crippen LogP contribution in [0.4, 0.5) is 5.69 Å². The van der Waals surface area contributed by atoms with Gasteiger partial charge in [0, 0.05) is 12.6 Å². The third-order valence-corrected chi connectivity index (χ3v) is 5.34. The molecule has 2 N–H and O–H groups in total. The number of aryl methyl sites for hydroxylation is 1. The summed E-state index contributed by atoms with van der Waals surface area (Å²) in [7, 11) is -3.92. The van der Waals surface area contributed by atoms with E-state index in [1.165, 1.54) is 38.1 Å². The molecule has 0 bridgehead atoms. The quantitative estimate of drug-likeness (QED) is 0.475. The third kappa shape index (κ3) is 7.20. The van der Waals surface area contributed by atoms with Gasteiger partial charge >= 0.3 is 5.97 Å². The molecule has 1 amide bonds. The van der Waals surface area contributed by atoms with Crippen LogP contribution in [0.1, 0.15) is 19.4 Å². The Kier molecular flexibility index (Phi) is 7.74. The van der Waals surface area contributed by atoms with Gasteiger partial charge in [-0.3, -0.25) is 9.59 Å². The number of ether oxygens (including phenoxy) is 2. The van der Waals surface area contributed by atoms with Crippen molar-refractivity contribution in [1.82, 2.24) is 4.72 Å². The van der Waals surface area contributed by atoms with Gasteiger partial charge in [0.25, 0.3) is 0 Å². The second-order valence-corrected chi connectivity index (χ2v) is 8.09. The van der Waals surface area contributed by atoms with Gasteiger partial charge in [0.1, 0.15) is 25.0 Å². The number of benzene rings is 2. The number of nitrogens with one attached hydrogen (secondary N) is 2. The fraction of sp³-hybridized carbons (Fsp3) is 0.300. The van der Waals surface area contributed by atoms with Crippen molar-refractivity contribution in [2.45, 2.75) is 31.7 Å². The number of hydrogen-bond donors (Lipinski definition) is 2. The molecule has 2 aromatic rings. The lowest BCUT2D eigenvalue weighted by Gasteiger charge is -2.14. The van der Waals surface area contributed by atoms with Crippen LogP contribution in [0.25, 0.3) is 0 Å². The van der Waals surface area contributed by atoms with Crippen molar-refractivity contribution in [3.8, 4) is 5.75 Å². The van der Waals surface area contributed by atoms with Crippen LogP contribution < -0.4 is 14.8 Å². The standard InChI is InChI=1S/C20H24N2O6S/c1-14-4-8-18(9-5-14)27-12-13-28-20(24)15(2)22-29(25,26)19-10-6-17(7-11-19)21-16(3)23/h4-11,15,22H,12-13H2,1-3H3,(H,21,23)/t15-/m0/s1. The largest absolute Gasteiger partial charge is 0.490 e. The number of hydrogen-bond acceptors (Lipinski definition) is 6. The lowest BCUT2D eigenvalue weighted by molar-refractivity contribution is -0.145. The summed E-state index contributed by atoms with van der Waals surface area (Å²) in [6, 6.07) is 11.9. The Labute approximate surface area is 170 Å². The molecule has 1 atom stereocenters. The lowest BCUT2D eigenvalue weighted by Crippen LogP contribution is -2.39. The molecule has 0 saturated heterocycles. The van der Waals surface area contributed by atoms with Crippen LogP contribution in [0.3, 0.4) is 0 Å². The van der Waals surface area contributed by atoms with Crippen molar-refractivity contribution in [1.29, 1.82) is 0 Å². The van der Waals surface area contributed by atoms with E-state index in [1.54, 1.807) is 0 Å². The van der Waals surface area contributed by atoms with Gasteiger partial charge in [-0.2, -0.15) is 4.72 Å². The molecular weight excluding hydrogens is 396 g/mol. The zero-order valence-electron chi connectivity index (χ0n) is 16.5. The number of sulfonamides is 1. The molecule has 156 valence electrons. The van der Waals surface area contributed by atoms with Crippen LogP contribution in [0, 0.1) is 6.92 Å². The number of amides is 1. The Morgan fingerprint density at radius 3 is 2.21 bits per heavy atom. The van der Waals surface area contributed by atoms with E-state index in [4.69, 9.17) is 9.47 Å². The van der Waals surface area contributed by atoms with Gasteiger partial charge in [-0.25, -0.2) is 8.42 Å². The molecule has 2 aromatic carbocycles. The Hall–Kier alpha value is -2.91. The van der Waals surface area contributed by atoms with Crippen LogP contribution in [0.2, 0.25) is 0 Å². The van der Waals surface area contributed by atoms with Crippen molar-refractivity contribution in [3.05, 3.63) is 54.1 Å². The summed E-state index contributed by atoms with van der Waals surface area (Å²) < 4.78 is 37.6. The highest BCUT2D eigenvalue weighted by Crippen LogP contribution is 2.15. The Balaban J connectivity index is 1.82. The summed E-state index contributed by atoms with van der Waals surface area (Å²) in [6.45, 7) is 4.85. The van der Waals surface area contributed by atoms with E-state index >= 15 is 0 Å². The fourth-order valence-corrected chi connectivity index (χ4v) is 3.52. The molecule has 0 aliphatic rings. The van der Waals surface area contributed by atoms with E-state index in [1.807, 2.05) is 31.2 Å². The predicted molar refractivity (Wildman–Crippen MR) is 108 cm³/mol. The van der Waals surface area contributed by atoms with E-state index < -0.39 is 22.0 Å². The molecule has 0 unspecified atom stereocenters. The molecule has 0 aromatic heterocycles. The topological polar surface area (TPSA) is 111 Å². The minimum Gasteiger partial charge on any atom is -0.490 e. The monoisotopic (exact) mass is 420 g/mol. The van der Waals surface area contributed by atoms with Crippen LogP contribution in [-0.2, 0) is 24.3 Å². The van der Waals surface area contributed by atoms with Gasteiger partial charge in [0.15, 0.2) is 0 Å². The van der Waals surface area contributed by atoms with E-state index in [2.05, 4.69) is 10.0 Å². The van der Waals surface area contributed by atoms with E-state index in [0.29, 0.717) is 11.4 Å². The van der Waals surface area contributed by atoms with Gasteiger partial charge in [-0.1, -0.05) is 17.7 Å². The molecule has 0 aliphatic carbocycles. The maximum absolute atomic E-state index is 12.4. The average Bonchev–Trinajstić information content (AvgIpc) is 2.66. The normalized spacial score (nSPS) is 12.1. The number of rotatable bonds is 9. The summed E-state index contributed by atoms with van der Waals surface area (Å²) in [5.41, 5.74) is 1.58. The summed E-state index contributed by atoms with van der Waals surface area (Å²) in [5.74, 6) is -0.319. The highest BCUT2D eigenvalue weighted by atomic mass is 32.2. The van der Waals surface area contributed by atoms with E-state index in [9.17, 15) is 18.0 Å². The number of esters is 1. The minimum absolute atomic E-state index is 0.00973. The van der Waals surface area contributed by atoms with Gasteiger partial charge in [0.2, 0.25) is 15.9 Å². The van der Waals surface area contributed by atoms with Crippen molar-refractivity contribution in [2.24, 2.45) is 0 Å². The maximum atomic E-state index is 12.4. The first-order chi connectivity index (χ1) is 13.7. The van der Waals surface area contributed by atoms with E-state index in [-0.39, 0.29) is 24.0 Å². The zero-order valence-corrected chi connectivity index (χ0v) is 17.3. The minimum atomic E-state index is -3.92. The Bertz CT molecular complexity index is 940. The van der Waals surface area contributed by atoms with E-state index in [0.717, 1.165) is 5.56 Å². The van der Waals surface area contributed by atoms with Gasteiger partial charge in [-0.15, -0.1) is 0 Å². The predicted octanol–water partition coefficient (Wildman–Crippen LogP) is 2.24. The van der Waals surface area contributed by atoms with Crippen molar-refractivity contribution >= 4 is 27.6 Å². The van der Waals surface area contributed by atoms with Crippen molar-refractivity contribution in [2.75, 3.05) is 18.5 Å². The first-order valence-corrected chi connectivity index (χ1v) is 10.4. The molecule has 0 saturated carbocycles. The first kappa shape index (κ1) is 22.4. The fourth-order valence-electron chi connectivity index (χ4n) is 2.33. The van der Waals surface area contributed by atoms with Gasteiger partial charge < -0.3 is 14.8 Å². The smallest absolute Gasteiger partial charge is 0.324 e. The van der Waals surface area contributed by atoms with Gasteiger partial charge in [-0.05, 0) is 50.2 Å². The summed E-state index contributed by atoms with van der Waals surface area (Å²) in [5, 5.41) is 2.55. The number of carbonyl (C=O) groups excluding carboxylic acids is 2. The average molecular weight is 420 g/mol. The molecule has 29 heavy (non-hydrogen) atoms. The summed E-state index contributed by atoms with van der Waals surface area (Å²) in [4.78, 5) is 23.0. The molecule has 2 rings (SSSR count). The Morgan fingerprint density at radius 2 is 1.62 bits per heavy atom. The number of carbonyl (C=O) groups is 2. The second kappa shape index (κ2) is 10.0. The molecule has 0 spiro atoms. The highest BCUT2D eigenvalue weighted by molar-refractivity contribution is 7.89. The summed E-state index contributed by atoms with van der Waals surface area (Å²) >= 11 is 0. The third-order valence-electron chi connectivity index (χ3n) is 3.79. The van der Waals surface area contributed by atoms with Crippen LogP contribution in [0.15, 0.2) is 53.4 Å².